The molecule has 0 spiro atoms. The number of amides is 1. The van der Waals surface area contributed by atoms with Crippen LogP contribution < -0.4 is 5.32 Å². The fourth-order valence-corrected chi connectivity index (χ4v) is 2.50. The minimum absolute atomic E-state index is 0.0617. The maximum atomic E-state index is 12.1. The van der Waals surface area contributed by atoms with E-state index in [9.17, 15) is 9.90 Å². The molecular formula is C14H20N2O2. The third-order valence-corrected chi connectivity index (χ3v) is 3.67. The lowest BCUT2D eigenvalue weighted by Gasteiger charge is -2.15. The molecule has 1 saturated carbocycles. The summed E-state index contributed by atoms with van der Waals surface area (Å²) >= 11 is 0. The molecule has 1 aliphatic carbocycles. The predicted molar refractivity (Wildman–Crippen MR) is 69.3 cm³/mol. The molecule has 0 aliphatic heterocycles. The monoisotopic (exact) mass is 248 g/mol. The summed E-state index contributed by atoms with van der Waals surface area (Å²) in [5, 5.41) is 12.6. The zero-order valence-corrected chi connectivity index (χ0v) is 10.7. The second-order valence-corrected chi connectivity index (χ2v) is 4.85. The molecule has 2 atom stereocenters. The molecule has 1 aromatic rings. The Morgan fingerprint density at radius 2 is 2.39 bits per heavy atom. The molecule has 4 heteroatoms. The van der Waals surface area contributed by atoms with Crippen molar-refractivity contribution in [1.82, 2.24) is 10.3 Å². The van der Waals surface area contributed by atoms with Gasteiger partial charge in [-0.15, -0.1) is 0 Å². The molecule has 1 amide bonds. The molecular weight excluding hydrogens is 228 g/mol. The van der Waals surface area contributed by atoms with Crippen LogP contribution in [0.5, 0.6) is 0 Å². The average Bonchev–Trinajstić information content (AvgIpc) is 2.81. The smallest absolute Gasteiger partial charge is 0.251 e. The average molecular weight is 248 g/mol. The van der Waals surface area contributed by atoms with E-state index in [0.29, 0.717) is 12.1 Å². The van der Waals surface area contributed by atoms with Gasteiger partial charge in [0.05, 0.1) is 6.10 Å². The number of hydrogen-bond donors (Lipinski definition) is 2. The van der Waals surface area contributed by atoms with Crippen LogP contribution in [0, 0.1) is 5.92 Å². The van der Waals surface area contributed by atoms with Gasteiger partial charge >= 0.3 is 0 Å². The Balaban J connectivity index is 1.95. The van der Waals surface area contributed by atoms with Crippen molar-refractivity contribution >= 4 is 5.91 Å². The van der Waals surface area contributed by atoms with Crippen molar-refractivity contribution in [3.63, 3.8) is 0 Å². The quantitative estimate of drug-likeness (QED) is 0.849. The second kappa shape index (κ2) is 5.96. The molecule has 2 N–H and O–H groups in total. The summed E-state index contributed by atoms with van der Waals surface area (Å²) in [6.45, 7) is 2.57. The third-order valence-electron chi connectivity index (χ3n) is 3.67. The van der Waals surface area contributed by atoms with Crippen LogP contribution in [-0.4, -0.2) is 28.6 Å². The summed E-state index contributed by atoms with van der Waals surface area (Å²) in [5.41, 5.74) is 1.65. The van der Waals surface area contributed by atoms with Crippen molar-refractivity contribution < 1.29 is 9.90 Å². The fourth-order valence-electron chi connectivity index (χ4n) is 2.50. The normalized spacial score (nSPS) is 23.0. The molecule has 2 unspecified atom stereocenters. The van der Waals surface area contributed by atoms with E-state index in [4.69, 9.17) is 0 Å². The van der Waals surface area contributed by atoms with E-state index in [1.54, 1.807) is 18.5 Å². The Morgan fingerprint density at radius 1 is 1.56 bits per heavy atom. The van der Waals surface area contributed by atoms with Crippen LogP contribution in [-0.2, 0) is 6.42 Å². The molecule has 0 bridgehead atoms. The van der Waals surface area contributed by atoms with E-state index < -0.39 is 0 Å². The van der Waals surface area contributed by atoms with Gasteiger partial charge in [-0.3, -0.25) is 9.78 Å². The molecule has 1 fully saturated rings. The predicted octanol–water partition coefficient (Wildman–Crippen LogP) is 1.53. The Kier molecular flexibility index (Phi) is 4.31. The number of hydrogen-bond acceptors (Lipinski definition) is 3. The SMILES string of the molecule is CCc1cnccc1C(=O)NCC1CCCC1O. The zero-order valence-electron chi connectivity index (χ0n) is 10.7. The molecule has 1 aromatic heterocycles. The van der Waals surface area contributed by atoms with Gasteiger partial charge in [-0.2, -0.15) is 0 Å². The summed E-state index contributed by atoms with van der Waals surface area (Å²) in [6.07, 6.45) is 6.82. The lowest BCUT2D eigenvalue weighted by molar-refractivity contribution is 0.0916. The Bertz CT molecular complexity index is 420. The Hall–Kier alpha value is -1.42. The number of pyridine rings is 1. The van der Waals surface area contributed by atoms with Crippen molar-refractivity contribution in [3.05, 3.63) is 29.6 Å². The highest BCUT2D eigenvalue weighted by molar-refractivity contribution is 5.95. The van der Waals surface area contributed by atoms with Crippen molar-refractivity contribution in [2.24, 2.45) is 5.92 Å². The Morgan fingerprint density at radius 3 is 3.06 bits per heavy atom. The summed E-state index contributed by atoms with van der Waals surface area (Å²) in [6, 6.07) is 1.75. The van der Waals surface area contributed by atoms with Gasteiger partial charge in [0, 0.05) is 30.4 Å². The van der Waals surface area contributed by atoms with Gasteiger partial charge in [-0.25, -0.2) is 0 Å². The summed E-state index contributed by atoms with van der Waals surface area (Å²) in [4.78, 5) is 16.1. The van der Waals surface area contributed by atoms with Crippen LogP contribution in [0.25, 0.3) is 0 Å². The van der Waals surface area contributed by atoms with Crippen LogP contribution in [0.2, 0.25) is 0 Å². The Labute approximate surface area is 107 Å². The van der Waals surface area contributed by atoms with Crippen LogP contribution in [0.4, 0.5) is 0 Å². The first kappa shape index (κ1) is 13.0. The van der Waals surface area contributed by atoms with Crippen molar-refractivity contribution in [2.75, 3.05) is 6.54 Å². The zero-order chi connectivity index (χ0) is 13.0. The van der Waals surface area contributed by atoms with E-state index in [-0.39, 0.29) is 17.9 Å². The molecule has 1 aliphatic rings. The van der Waals surface area contributed by atoms with Crippen molar-refractivity contribution in [1.29, 1.82) is 0 Å². The van der Waals surface area contributed by atoms with E-state index in [1.807, 2.05) is 6.92 Å². The number of carbonyl (C=O) groups is 1. The summed E-state index contributed by atoms with van der Waals surface area (Å²) in [7, 11) is 0. The number of aliphatic hydroxyl groups is 1. The van der Waals surface area contributed by atoms with Crippen LogP contribution in [0.3, 0.4) is 0 Å². The lowest BCUT2D eigenvalue weighted by atomic mass is 10.0. The van der Waals surface area contributed by atoms with Crippen LogP contribution in [0.1, 0.15) is 42.1 Å². The second-order valence-electron chi connectivity index (χ2n) is 4.85. The molecule has 0 aromatic carbocycles. The maximum absolute atomic E-state index is 12.1. The van der Waals surface area contributed by atoms with Gasteiger partial charge in [0.15, 0.2) is 0 Å². The molecule has 0 radical (unpaired) electrons. The number of aliphatic hydroxyl groups excluding tert-OH is 1. The van der Waals surface area contributed by atoms with E-state index >= 15 is 0 Å². The van der Waals surface area contributed by atoms with Crippen molar-refractivity contribution in [2.45, 2.75) is 38.7 Å². The third kappa shape index (κ3) is 2.88. The largest absolute Gasteiger partial charge is 0.393 e. The molecule has 2 rings (SSSR count). The first-order valence-corrected chi connectivity index (χ1v) is 6.61. The summed E-state index contributed by atoms with van der Waals surface area (Å²) < 4.78 is 0. The van der Waals surface area contributed by atoms with E-state index in [0.717, 1.165) is 31.2 Å². The van der Waals surface area contributed by atoms with Crippen LogP contribution >= 0.6 is 0 Å². The number of aromatic nitrogens is 1. The summed E-state index contributed by atoms with van der Waals surface area (Å²) in [5.74, 6) is 0.147. The number of carbonyl (C=O) groups excluding carboxylic acids is 1. The highest BCUT2D eigenvalue weighted by atomic mass is 16.3. The number of nitrogens with zero attached hydrogens (tertiary/aromatic N) is 1. The van der Waals surface area contributed by atoms with E-state index in [2.05, 4.69) is 10.3 Å². The van der Waals surface area contributed by atoms with Gasteiger partial charge in [0.25, 0.3) is 5.91 Å². The van der Waals surface area contributed by atoms with Gasteiger partial charge in [0.1, 0.15) is 0 Å². The number of rotatable bonds is 4. The first-order valence-electron chi connectivity index (χ1n) is 6.61. The van der Waals surface area contributed by atoms with Gasteiger partial charge in [-0.1, -0.05) is 13.3 Å². The lowest BCUT2D eigenvalue weighted by Crippen LogP contribution is -2.32. The van der Waals surface area contributed by atoms with E-state index in [1.165, 1.54) is 0 Å². The molecule has 0 saturated heterocycles. The highest BCUT2D eigenvalue weighted by Crippen LogP contribution is 2.24. The molecule has 1 heterocycles. The van der Waals surface area contributed by atoms with Gasteiger partial charge < -0.3 is 10.4 Å². The number of nitrogens with one attached hydrogen (secondary N) is 1. The first-order chi connectivity index (χ1) is 8.72. The number of aryl methyl sites for hydroxylation is 1. The fraction of sp³-hybridized carbons (Fsp3) is 0.571. The standard InChI is InChI=1S/C14H20N2O2/c1-2-10-8-15-7-6-12(10)14(18)16-9-11-4-3-5-13(11)17/h6-8,11,13,17H,2-5,9H2,1H3,(H,16,18). The molecule has 18 heavy (non-hydrogen) atoms. The topological polar surface area (TPSA) is 62.2 Å². The van der Waals surface area contributed by atoms with Gasteiger partial charge in [-0.05, 0) is 30.9 Å². The van der Waals surface area contributed by atoms with Gasteiger partial charge in [0.2, 0.25) is 0 Å². The maximum Gasteiger partial charge on any atom is 0.251 e. The van der Waals surface area contributed by atoms with Crippen molar-refractivity contribution in [3.8, 4) is 0 Å². The molecule has 4 nitrogen and oxygen atoms in total. The highest BCUT2D eigenvalue weighted by Gasteiger charge is 2.25. The van der Waals surface area contributed by atoms with Crippen LogP contribution in [0.15, 0.2) is 18.5 Å². The minimum Gasteiger partial charge on any atom is -0.393 e. The molecule has 98 valence electrons. The minimum atomic E-state index is -0.256.